The normalized spacial score (nSPS) is 43.2. The molecule has 0 saturated heterocycles. The van der Waals surface area contributed by atoms with Gasteiger partial charge in [-0.25, -0.2) is 0 Å². The lowest BCUT2D eigenvalue weighted by Crippen LogP contribution is -2.33. The molecule has 1 fully saturated rings. The summed E-state index contributed by atoms with van der Waals surface area (Å²) in [6, 6.07) is 0. The Hall–Kier alpha value is -0.260. The fraction of sp³-hybridized carbons (Fsp3) is 0.778. The molecule has 1 saturated carbocycles. The Morgan fingerprint density at radius 3 is 2.33 bits per heavy atom. The van der Waals surface area contributed by atoms with Crippen LogP contribution in [0.15, 0.2) is 12.2 Å². The summed E-state index contributed by atoms with van der Waals surface area (Å²) >= 11 is 0. The third kappa shape index (κ3) is 1.03. The van der Waals surface area contributed by atoms with E-state index in [4.69, 9.17) is 0 Å². The lowest BCUT2D eigenvalue weighted by Gasteiger charge is -2.43. The second-order valence-corrected chi connectivity index (χ2v) is 3.45. The molecule has 9 heavy (non-hydrogen) atoms. The van der Waals surface area contributed by atoms with Gasteiger partial charge in [-0.1, -0.05) is 26.0 Å². The fourth-order valence-corrected chi connectivity index (χ4v) is 1.52. The van der Waals surface area contributed by atoms with Crippen molar-refractivity contribution in [2.75, 3.05) is 0 Å². The maximum atomic E-state index is 2.35. The van der Waals surface area contributed by atoms with Gasteiger partial charge >= 0.3 is 0 Å². The van der Waals surface area contributed by atoms with Gasteiger partial charge in [0, 0.05) is 0 Å². The number of hydrogen-bond donors (Lipinski definition) is 0. The Bertz CT molecular complexity index is 124. The largest absolute Gasteiger partial charge is 0.0911 e. The van der Waals surface area contributed by atoms with E-state index >= 15 is 0 Å². The van der Waals surface area contributed by atoms with Gasteiger partial charge in [0.05, 0.1) is 0 Å². The Balaban J connectivity index is 2.53. The zero-order chi connectivity index (χ0) is 6.91. The first-order valence-corrected chi connectivity index (χ1v) is 3.83. The smallest absolute Gasteiger partial charge is 0.0121 e. The Kier molecular flexibility index (Phi) is 1.65. The van der Waals surface area contributed by atoms with Gasteiger partial charge in [0.1, 0.15) is 0 Å². The molecule has 0 aromatic carbocycles. The zero-order valence-corrected chi connectivity index (χ0v) is 6.65. The van der Waals surface area contributed by atoms with Crippen molar-refractivity contribution in [1.29, 1.82) is 0 Å². The van der Waals surface area contributed by atoms with Crippen LogP contribution < -0.4 is 0 Å². The highest BCUT2D eigenvalue weighted by atomic mass is 14.4. The minimum atomic E-state index is 0.550. The Morgan fingerprint density at radius 1 is 1.56 bits per heavy atom. The van der Waals surface area contributed by atoms with Crippen molar-refractivity contribution in [2.24, 2.45) is 11.3 Å². The van der Waals surface area contributed by atoms with Crippen molar-refractivity contribution in [3.8, 4) is 0 Å². The summed E-state index contributed by atoms with van der Waals surface area (Å²) in [7, 11) is 0. The molecule has 2 unspecified atom stereocenters. The molecule has 0 aliphatic heterocycles. The standard InChI is InChI=1S/C9H16/c1-4-6-9(3)7-5-8(9)2/h4,6,8H,5,7H2,1-3H3. The first kappa shape index (κ1) is 6.85. The van der Waals surface area contributed by atoms with Crippen LogP contribution in [0.25, 0.3) is 0 Å². The molecule has 1 rings (SSSR count). The summed E-state index contributed by atoms with van der Waals surface area (Å²) in [6.45, 7) is 6.79. The van der Waals surface area contributed by atoms with Crippen molar-refractivity contribution in [3.63, 3.8) is 0 Å². The average Bonchev–Trinajstić information content (AvgIpc) is 1.86. The van der Waals surface area contributed by atoms with E-state index in [1.165, 1.54) is 12.8 Å². The third-order valence-corrected chi connectivity index (χ3v) is 2.79. The van der Waals surface area contributed by atoms with Crippen LogP contribution in [0.2, 0.25) is 0 Å². The molecule has 0 bridgehead atoms. The molecular formula is C9H16. The van der Waals surface area contributed by atoms with E-state index in [1.807, 2.05) is 0 Å². The third-order valence-electron chi connectivity index (χ3n) is 2.79. The van der Waals surface area contributed by atoms with E-state index in [9.17, 15) is 0 Å². The lowest BCUT2D eigenvalue weighted by molar-refractivity contribution is 0.124. The molecule has 0 heteroatoms. The van der Waals surface area contributed by atoms with Gasteiger partial charge in [0.25, 0.3) is 0 Å². The van der Waals surface area contributed by atoms with Crippen molar-refractivity contribution < 1.29 is 0 Å². The summed E-state index contributed by atoms with van der Waals surface area (Å²) in [5, 5.41) is 0. The van der Waals surface area contributed by atoms with Crippen LogP contribution in [0.1, 0.15) is 33.6 Å². The van der Waals surface area contributed by atoms with Crippen LogP contribution in [-0.2, 0) is 0 Å². The lowest BCUT2D eigenvalue weighted by atomic mass is 9.62. The van der Waals surface area contributed by atoms with Gasteiger partial charge in [-0.05, 0) is 31.1 Å². The second kappa shape index (κ2) is 2.17. The summed E-state index contributed by atoms with van der Waals surface area (Å²) in [4.78, 5) is 0. The topological polar surface area (TPSA) is 0 Å². The molecule has 1 aliphatic rings. The molecule has 0 aromatic heterocycles. The van der Waals surface area contributed by atoms with Crippen molar-refractivity contribution >= 4 is 0 Å². The maximum absolute atomic E-state index is 2.35. The van der Waals surface area contributed by atoms with Crippen LogP contribution in [0, 0.1) is 11.3 Å². The predicted molar refractivity (Wildman–Crippen MR) is 41.3 cm³/mol. The van der Waals surface area contributed by atoms with E-state index in [0.29, 0.717) is 5.41 Å². The average molecular weight is 124 g/mol. The first-order chi connectivity index (χ1) is 4.19. The number of allylic oxidation sites excluding steroid dienone is 2. The highest BCUT2D eigenvalue weighted by Gasteiger charge is 2.36. The zero-order valence-electron chi connectivity index (χ0n) is 6.65. The minimum absolute atomic E-state index is 0.550. The van der Waals surface area contributed by atoms with Crippen molar-refractivity contribution in [3.05, 3.63) is 12.2 Å². The molecule has 52 valence electrons. The van der Waals surface area contributed by atoms with Crippen LogP contribution in [0.3, 0.4) is 0 Å². The Labute approximate surface area is 58.0 Å². The SMILES string of the molecule is CC=CC1(C)CCC1C. The first-order valence-electron chi connectivity index (χ1n) is 3.83. The van der Waals surface area contributed by atoms with E-state index in [2.05, 4.69) is 32.9 Å². The molecule has 0 radical (unpaired) electrons. The number of hydrogen-bond acceptors (Lipinski definition) is 0. The van der Waals surface area contributed by atoms with Crippen LogP contribution in [0.5, 0.6) is 0 Å². The minimum Gasteiger partial charge on any atom is -0.0911 e. The van der Waals surface area contributed by atoms with Gasteiger partial charge in [0.2, 0.25) is 0 Å². The van der Waals surface area contributed by atoms with Crippen molar-refractivity contribution in [1.82, 2.24) is 0 Å². The number of rotatable bonds is 1. The highest BCUT2D eigenvalue weighted by molar-refractivity contribution is 5.04. The maximum Gasteiger partial charge on any atom is -0.0121 e. The highest BCUT2D eigenvalue weighted by Crippen LogP contribution is 2.46. The molecule has 0 aromatic rings. The van der Waals surface area contributed by atoms with Crippen LogP contribution in [-0.4, -0.2) is 0 Å². The van der Waals surface area contributed by atoms with E-state index in [1.54, 1.807) is 0 Å². The van der Waals surface area contributed by atoms with Gasteiger partial charge in [-0.2, -0.15) is 0 Å². The summed E-state index contributed by atoms with van der Waals surface area (Å²) in [5.41, 5.74) is 0.550. The van der Waals surface area contributed by atoms with Crippen LogP contribution in [0.4, 0.5) is 0 Å². The molecule has 1 aliphatic carbocycles. The van der Waals surface area contributed by atoms with E-state index in [-0.39, 0.29) is 0 Å². The molecule has 0 heterocycles. The molecule has 2 atom stereocenters. The van der Waals surface area contributed by atoms with Crippen LogP contribution >= 0.6 is 0 Å². The van der Waals surface area contributed by atoms with E-state index < -0.39 is 0 Å². The Morgan fingerprint density at radius 2 is 2.22 bits per heavy atom. The molecule has 0 nitrogen and oxygen atoms in total. The fourth-order valence-electron chi connectivity index (χ4n) is 1.52. The van der Waals surface area contributed by atoms with Crippen molar-refractivity contribution in [2.45, 2.75) is 33.6 Å². The summed E-state index contributed by atoms with van der Waals surface area (Å²) in [5.74, 6) is 0.911. The quantitative estimate of drug-likeness (QED) is 0.471. The van der Waals surface area contributed by atoms with E-state index in [0.717, 1.165) is 5.92 Å². The summed E-state index contributed by atoms with van der Waals surface area (Å²) < 4.78 is 0. The molecule has 0 N–H and O–H groups in total. The van der Waals surface area contributed by atoms with Gasteiger partial charge in [-0.15, -0.1) is 0 Å². The van der Waals surface area contributed by atoms with Gasteiger partial charge < -0.3 is 0 Å². The van der Waals surface area contributed by atoms with Gasteiger partial charge in [0.15, 0.2) is 0 Å². The summed E-state index contributed by atoms with van der Waals surface area (Å²) in [6.07, 6.45) is 7.33. The van der Waals surface area contributed by atoms with Gasteiger partial charge in [-0.3, -0.25) is 0 Å². The molecular weight excluding hydrogens is 108 g/mol. The molecule has 0 amide bonds. The predicted octanol–water partition coefficient (Wildman–Crippen LogP) is 3.00. The molecule has 0 spiro atoms. The second-order valence-electron chi connectivity index (χ2n) is 3.45. The monoisotopic (exact) mass is 124 g/mol.